The summed E-state index contributed by atoms with van der Waals surface area (Å²) in [5.74, 6) is 0.00807. The first kappa shape index (κ1) is 21.0. The number of aryl methyl sites for hydroxylation is 1. The molecule has 30 heavy (non-hydrogen) atoms. The van der Waals surface area contributed by atoms with Gasteiger partial charge in [0.15, 0.2) is 0 Å². The number of hydrogen-bond acceptors (Lipinski definition) is 4. The maximum absolute atomic E-state index is 12.7. The van der Waals surface area contributed by atoms with Crippen LogP contribution in [0.5, 0.6) is 0 Å². The van der Waals surface area contributed by atoms with Crippen molar-refractivity contribution < 1.29 is 9.59 Å². The smallest absolute Gasteiger partial charge is 0.264 e. The number of carbonyl (C=O) groups is 2. The first-order chi connectivity index (χ1) is 14.4. The zero-order valence-corrected chi connectivity index (χ0v) is 17.3. The number of aliphatic imine (C=N–C) groups is 1. The number of hydrogen-bond donors (Lipinski definition) is 2. The molecule has 0 aliphatic carbocycles. The summed E-state index contributed by atoms with van der Waals surface area (Å²) in [7, 11) is 0. The standard InChI is InChI=1S/C24H24N4O2/c1-15(2)12-13-26-24(30)20(14-25)21-18-6-4-5-7-19(18)22(27-21)28-23(29)17-10-8-16(3)9-11-17/h4-11,15H,12-13H2,1-3H3,(H,26,30)(H,27,28,29)/b21-20-. The van der Waals surface area contributed by atoms with Crippen LogP contribution in [0.3, 0.4) is 0 Å². The van der Waals surface area contributed by atoms with Crippen LogP contribution in [0, 0.1) is 24.2 Å². The number of carbonyl (C=O) groups excluding carboxylic acids is 2. The molecule has 0 spiro atoms. The molecule has 2 amide bonds. The first-order valence-corrected chi connectivity index (χ1v) is 9.89. The molecule has 1 heterocycles. The zero-order valence-electron chi connectivity index (χ0n) is 17.3. The molecule has 0 saturated carbocycles. The highest BCUT2D eigenvalue weighted by Gasteiger charge is 2.27. The van der Waals surface area contributed by atoms with Crippen LogP contribution in [0.4, 0.5) is 0 Å². The van der Waals surface area contributed by atoms with Crippen LogP contribution < -0.4 is 10.6 Å². The lowest BCUT2D eigenvalue weighted by molar-refractivity contribution is -0.117. The van der Waals surface area contributed by atoms with Crippen molar-refractivity contribution in [3.05, 3.63) is 76.4 Å². The van der Waals surface area contributed by atoms with E-state index < -0.39 is 5.91 Å². The second-order valence-electron chi connectivity index (χ2n) is 7.60. The molecule has 0 unspecified atom stereocenters. The molecule has 0 fully saturated rings. The van der Waals surface area contributed by atoms with E-state index >= 15 is 0 Å². The van der Waals surface area contributed by atoms with Crippen molar-refractivity contribution in [1.29, 1.82) is 5.26 Å². The van der Waals surface area contributed by atoms with Gasteiger partial charge in [-0.15, -0.1) is 0 Å². The van der Waals surface area contributed by atoms with Gasteiger partial charge >= 0.3 is 0 Å². The highest BCUT2D eigenvalue weighted by atomic mass is 16.2. The highest BCUT2D eigenvalue weighted by Crippen LogP contribution is 2.30. The lowest BCUT2D eigenvalue weighted by atomic mass is 10.0. The number of nitriles is 1. The van der Waals surface area contributed by atoms with E-state index in [2.05, 4.69) is 29.5 Å². The summed E-state index contributed by atoms with van der Waals surface area (Å²) in [5.41, 5.74) is 3.09. The summed E-state index contributed by atoms with van der Waals surface area (Å²) in [5, 5.41) is 15.2. The van der Waals surface area contributed by atoms with Crippen molar-refractivity contribution in [3.8, 4) is 6.07 Å². The van der Waals surface area contributed by atoms with Crippen molar-refractivity contribution >= 4 is 23.3 Å². The molecular formula is C24H24N4O2. The Morgan fingerprint density at radius 3 is 2.37 bits per heavy atom. The Morgan fingerprint density at radius 1 is 1.07 bits per heavy atom. The number of benzene rings is 2. The Kier molecular flexibility index (Phi) is 6.43. The summed E-state index contributed by atoms with van der Waals surface area (Å²) in [6.07, 6.45) is 0.817. The van der Waals surface area contributed by atoms with E-state index in [1.807, 2.05) is 43.3 Å². The molecule has 0 atom stereocenters. The Labute approximate surface area is 176 Å². The molecule has 0 radical (unpaired) electrons. The van der Waals surface area contributed by atoms with Crippen molar-refractivity contribution in [1.82, 2.24) is 10.6 Å². The maximum Gasteiger partial charge on any atom is 0.264 e. The number of amidine groups is 1. The molecule has 152 valence electrons. The molecule has 0 aromatic heterocycles. The quantitative estimate of drug-likeness (QED) is 0.593. The van der Waals surface area contributed by atoms with Gasteiger partial charge in [0.1, 0.15) is 17.5 Å². The number of fused-ring (bicyclic) bond motifs is 1. The lowest BCUT2D eigenvalue weighted by Gasteiger charge is -2.07. The summed E-state index contributed by atoms with van der Waals surface area (Å²) >= 11 is 0. The Balaban J connectivity index is 1.91. The molecule has 2 aromatic carbocycles. The molecule has 2 aromatic rings. The van der Waals surface area contributed by atoms with Crippen LogP contribution in [0.15, 0.2) is 59.1 Å². The first-order valence-electron chi connectivity index (χ1n) is 9.89. The predicted octanol–water partition coefficient (Wildman–Crippen LogP) is 3.58. The van der Waals surface area contributed by atoms with Crippen molar-refractivity contribution in [2.75, 3.05) is 6.54 Å². The Bertz CT molecular complexity index is 1070. The molecule has 0 bridgehead atoms. The topological polar surface area (TPSA) is 94.3 Å². The molecule has 6 nitrogen and oxygen atoms in total. The van der Waals surface area contributed by atoms with Crippen LogP contribution in [-0.4, -0.2) is 24.2 Å². The third-order valence-electron chi connectivity index (χ3n) is 4.79. The molecule has 2 N–H and O–H groups in total. The largest absolute Gasteiger partial charge is 0.351 e. The van der Waals surface area contributed by atoms with Crippen LogP contribution in [-0.2, 0) is 4.79 Å². The number of rotatable bonds is 5. The van der Waals surface area contributed by atoms with Crippen molar-refractivity contribution in [2.24, 2.45) is 10.9 Å². The normalized spacial score (nSPS) is 13.9. The van der Waals surface area contributed by atoms with Gasteiger partial charge < -0.3 is 10.6 Å². The van der Waals surface area contributed by atoms with Gasteiger partial charge in [0.05, 0.1) is 5.70 Å². The fourth-order valence-electron chi connectivity index (χ4n) is 3.07. The molecule has 1 aliphatic rings. The number of nitrogens with one attached hydrogen (secondary N) is 2. The van der Waals surface area contributed by atoms with Gasteiger partial charge in [-0.3, -0.25) is 9.59 Å². The maximum atomic E-state index is 12.7. The van der Waals surface area contributed by atoms with Crippen LogP contribution in [0.2, 0.25) is 0 Å². The van der Waals surface area contributed by atoms with Crippen molar-refractivity contribution in [3.63, 3.8) is 0 Å². The highest BCUT2D eigenvalue weighted by molar-refractivity contribution is 6.20. The van der Waals surface area contributed by atoms with E-state index in [1.54, 1.807) is 18.2 Å². The molecule has 6 heteroatoms. The fraction of sp³-hybridized carbons (Fsp3) is 0.250. The molecule has 1 aliphatic heterocycles. The van der Waals surface area contributed by atoms with E-state index in [0.717, 1.165) is 12.0 Å². The second-order valence-corrected chi connectivity index (χ2v) is 7.60. The Morgan fingerprint density at radius 2 is 1.73 bits per heavy atom. The number of amides is 2. The SMILES string of the molecule is Cc1ccc(C(=O)NC2=N/C(=C(/C#N)C(=O)NCCC(C)C)c3ccccc32)cc1. The number of nitrogens with zero attached hydrogens (tertiary/aromatic N) is 2. The monoisotopic (exact) mass is 400 g/mol. The summed E-state index contributed by atoms with van der Waals surface area (Å²) < 4.78 is 0. The lowest BCUT2D eigenvalue weighted by Crippen LogP contribution is -2.30. The molecule has 3 rings (SSSR count). The van der Waals surface area contributed by atoms with Gasteiger partial charge in [-0.25, -0.2) is 4.99 Å². The van der Waals surface area contributed by atoms with Gasteiger partial charge in [-0.2, -0.15) is 5.26 Å². The average Bonchev–Trinajstić information content (AvgIpc) is 3.07. The Hall–Kier alpha value is -3.72. The van der Waals surface area contributed by atoms with Gasteiger partial charge in [-0.05, 0) is 31.4 Å². The van der Waals surface area contributed by atoms with Crippen LogP contribution >= 0.6 is 0 Å². The van der Waals surface area contributed by atoms with Gasteiger partial charge in [-0.1, -0.05) is 55.8 Å². The van der Waals surface area contributed by atoms with E-state index in [4.69, 9.17) is 0 Å². The van der Waals surface area contributed by atoms with Crippen molar-refractivity contribution in [2.45, 2.75) is 27.2 Å². The molecular weight excluding hydrogens is 376 g/mol. The summed E-state index contributed by atoms with van der Waals surface area (Å²) in [6.45, 7) is 6.57. The van der Waals surface area contributed by atoms with E-state index in [1.165, 1.54) is 0 Å². The minimum Gasteiger partial charge on any atom is -0.351 e. The van der Waals surface area contributed by atoms with Gasteiger partial charge in [0.2, 0.25) is 0 Å². The van der Waals surface area contributed by atoms with E-state index in [0.29, 0.717) is 35.0 Å². The van der Waals surface area contributed by atoms with Gasteiger partial charge in [0, 0.05) is 23.2 Å². The third-order valence-corrected chi connectivity index (χ3v) is 4.79. The zero-order chi connectivity index (χ0) is 21.7. The van der Waals surface area contributed by atoms with Gasteiger partial charge in [0.25, 0.3) is 11.8 Å². The summed E-state index contributed by atoms with van der Waals surface area (Å²) in [6, 6.07) is 16.4. The minimum absolute atomic E-state index is 0.0641. The van der Waals surface area contributed by atoms with E-state index in [9.17, 15) is 14.9 Å². The third kappa shape index (κ3) is 4.64. The predicted molar refractivity (Wildman–Crippen MR) is 117 cm³/mol. The fourth-order valence-corrected chi connectivity index (χ4v) is 3.07. The summed E-state index contributed by atoms with van der Waals surface area (Å²) in [4.78, 5) is 29.7. The van der Waals surface area contributed by atoms with Crippen LogP contribution in [0.1, 0.15) is 47.3 Å². The van der Waals surface area contributed by atoms with Crippen LogP contribution in [0.25, 0.3) is 5.70 Å². The second kappa shape index (κ2) is 9.19. The minimum atomic E-state index is -0.460. The molecule has 0 saturated heterocycles. The van der Waals surface area contributed by atoms with E-state index in [-0.39, 0.29) is 17.2 Å². The average molecular weight is 400 g/mol.